The third-order valence-corrected chi connectivity index (χ3v) is 5.73. The SMILES string of the molecule is c1csc(CN2CCO[C@@]3(COCCN(Cc4ccncc4)C3)C2)c1. The van der Waals surface area contributed by atoms with E-state index < -0.39 is 0 Å². The van der Waals surface area contributed by atoms with Crippen molar-refractivity contribution in [2.24, 2.45) is 0 Å². The fourth-order valence-electron chi connectivity index (χ4n) is 3.73. The molecule has 134 valence electrons. The van der Waals surface area contributed by atoms with Crippen LogP contribution < -0.4 is 0 Å². The Kier molecular flexibility index (Phi) is 5.43. The van der Waals surface area contributed by atoms with E-state index in [1.54, 1.807) is 0 Å². The van der Waals surface area contributed by atoms with Gasteiger partial charge in [-0.1, -0.05) is 6.07 Å². The summed E-state index contributed by atoms with van der Waals surface area (Å²) in [6.45, 7) is 7.92. The number of hydrogen-bond donors (Lipinski definition) is 0. The Labute approximate surface area is 153 Å². The van der Waals surface area contributed by atoms with E-state index in [0.717, 1.165) is 52.5 Å². The van der Waals surface area contributed by atoms with E-state index in [2.05, 4.69) is 44.4 Å². The molecule has 0 saturated carbocycles. The van der Waals surface area contributed by atoms with Crippen LogP contribution in [0.1, 0.15) is 10.4 Å². The molecule has 1 atom stereocenters. The number of hydrogen-bond acceptors (Lipinski definition) is 6. The van der Waals surface area contributed by atoms with Crippen molar-refractivity contribution in [1.29, 1.82) is 0 Å². The first kappa shape index (κ1) is 17.1. The maximum Gasteiger partial charge on any atom is 0.117 e. The Bertz CT molecular complexity index is 652. The van der Waals surface area contributed by atoms with Gasteiger partial charge in [-0.15, -0.1) is 11.3 Å². The summed E-state index contributed by atoms with van der Waals surface area (Å²) >= 11 is 1.83. The minimum atomic E-state index is -0.223. The first-order chi connectivity index (χ1) is 12.3. The Hall–Kier alpha value is -1.31. The van der Waals surface area contributed by atoms with E-state index in [9.17, 15) is 0 Å². The zero-order chi connectivity index (χ0) is 17.0. The van der Waals surface area contributed by atoms with Crippen LogP contribution in [0.5, 0.6) is 0 Å². The quantitative estimate of drug-likeness (QED) is 0.837. The zero-order valence-electron chi connectivity index (χ0n) is 14.5. The summed E-state index contributed by atoms with van der Waals surface area (Å²) in [7, 11) is 0. The Balaban J connectivity index is 1.43. The van der Waals surface area contributed by atoms with Crippen LogP contribution in [0, 0.1) is 0 Å². The molecule has 0 unspecified atom stereocenters. The number of ether oxygens (including phenoxy) is 2. The van der Waals surface area contributed by atoms with Crippen LogP contribution in [0.4, 0.5) is 0 Å². The molecule has 2 fully saturated rings. The molecule has 4 heterocycles. The van der Waals surface area contributed by atoms with E-state index in [1.165, 1.54) is 10.4 Å². The molecule has 0 bridgehead atoms. The van der Waals surface area contributed by atoms with Gasteiger partial charge in [0.15, 0.2) is 0 Å². The van der Waals surface area contributed by atoms with Crippen molar-refractivity contribution in [3.63, 3.8) is 0 Å². The van der Waals surface area contributed by atoms with Crippen molar-refractivity contribution in [3.8, 4) is 0 Å². The Morgan fingerprint density at radius 2 is 1.84 bits per heavy atom. The van der Waals surface area contributed by atoms with Crippen molar-refractivity contribution in [1.82, 2.24) is 14.8 Å². The van der Waals surface area contributed by atoms with E-state index in [0.29, 0.717) is 6.61 Å². The minimum absolute atomic E-state index is 0.223. The minimum Gasteiger partial charge on any atom is -0.377 e. The third kappa shape index (κ3) is 4.46. The Morgan fingerprint density at radius 3 is 2.64 bits per heavy atom. The van der Waals surface area contributed by atoms with Crippen LogP contribution in [0.3, 0.4) is 0 Å². The zero-order valence-corrected chi connectivity index (χ0v) is 15.3. The van der Waals surface area contributed by atoms with Crippen LogP contribution in [-0.4, -0.2) is 66.4 Å². The van der Waals surface area contributed by atoms with Gasteiger partial charge in [0, 0.05) is 56.5 Å². The molecular weight excluding hydrogens is 334 g/mol. The van der Waals surface area contributed by atoms with Gasteiger partial charge in [-0.05, 0) is 29.1 Å². The molecule has 5 nitrogen and oxygen atoms in total. The number of morpholine rings is 1. The van der Waals surface area contributed by atoms with Gasteiger partial charge in [-0.25, -0.2) is 0 Å². The lowest BCUT2D eigenvalue weighted by molar-refractivity contribution is -0.143. The predicted molar refractivity (Wildman–Crippen MR) is 98.6 cm³/mol. The van der Waals surface area contributed by atoms with Crippen molar-refractivity contribution in [2.75, 3.05) is 46.0 Å². The highest BCUT2D eigenvalue weighted by atomic mass is 32.1. The molecule has 0 N–H and O–H groups in total. The van der Waals surface area contributed by atoms with E-state index in [-0.39, 0.29) is 5.60 Å². The maximum absolute atomic E-state index is 6.29. The molecule has 0 aromatic carbocycles. The van der Waals surface area contributed by atoms with Crippen LogP contribution in [0.15, 0.2) is 42.0 Å². The smallest absolute Gasteiger partial charge is 0.117 e. The van der Waals surface area contributed by atoms with Crippen molar-refractivity contribution >= 4 is 11.3 Å². The van der Waals surface area contributed by atoms with Gasteiger partial charge in [0.25, 0.3) is 0 Å². The van der Waals surface area contributed by atoms with Gasteiger partial charge in [0.05, 0.1) is 19.8 Å². The van der Waals surface area contributed by atoms with Gasteiger partial charge < -0.3 is 9.47 Å². The molecule has 2 aromatic heterocycles. The highest BCUT2D eigenvalue weighted by Crippen LogP contribution is 2.25. The molecule has 2 saturated heterocycles. The number of rotatable bonds is 4. The number of aromatic nitrogens is 1. The average molecular weight is 359 g/mol. The summed E-state index contributed by atoms with van der Waals surface area (Å²) in [5.74, 6) is 0. The fourth-order valence-corrected chi connectivity index (χ4v) is 4.48. The molecule has 2 aliphatic rings. The lowest BCUT2D eigenvalue weighted by Crippen LogP contribution is -2.58. The second kappa shape index (κ2) is 7.93. The summed E-state index contributed by atoms with van der Waals surface area (Å²) in [4.78, 5) is 10.5. The molecule has 0 radical (unpaired) electrons. The van der Waals surface area contributed by atoms with Crippen LogP contribution in [0.25, 0.3) is 0 Å². The average Bonchev–Trinajstić information content (AvgIpc) is 3.05. The molecule has 0 amide bonds. The van der Waals surface area contributed by atoms with Crippen LogP contribution in [-0.2, 0) is 22.6 Å². The van der Waals surface area contributed by atoms with Gasteiger partial charge >= 0.3 is 0 Å². The highest BCUT2D eigenvalue weighted by Gasteiger charge is 2.40. The molecule has 2 aliphatic heterocycles. The monoisotopic (exact) mass is 359 g/mol. The topological polar surface area (TPSA) is 37.8 Å². The number of pyridine rings is 1. The second-order valence-electron chi connectivity index (χ2n) is 6.94. The van der Waals surface area contributed by atoms with E-state index >= 15 is 0 Å². The number of nitrogens with zero attached hydrogens (tertiary/aromatic N) is 3. The molecule has 0 aliphatic carbocycles. The molecule has 1 spiro atoms. The lowest BCUT2D eigenvalue weighted by atomic mass is 10.0. The second-order valence-corrected chi connectivity index (χ2v) is 7.97. The molecule has 6 heteroatoms. The van der Waals surface area contributed by atoms with Crippen molar-refractivity contribution in [3.05, 3.63) is 52.5 Å². The van der Waals surface area contributed by atoms with Crippen LogP contribution >= 0.6 is 11.3 Å². The summed E-state index contributed by atoms with van der Waals surface area (Å²) in [5.41, 5.74) is 1.07. The van der Waals surface area contributed by atoms with Gasteiger partial charge in [0.2, 0.25) is 0 Å². The molecular formula is C19H25N3O2S. The van der Waals surface area contributed by atoms with Crippen LogP contribution in [0.2, 0.25) is 0 Å². The van der Waals surface area contributed by atoms with Gasteiger partial charge in [-0.3, -0.25) is 14.8 Å². The van der Waals surface area contributed by atoms with E-state index in [4.69, 9.17) is 9.47 Å². The predicted octanol–water partition coefficient (Wildman–Crippen LogP) is 2.25. The summed E-state index contributed by atoms with van der Waals surface area (Å²) in [6.07, 6.45) is 3.72. The largest absolute Gasteiger partial charge is 0.377 e. The normalized spacial score (nSPS) is 25.9. The first-order valence-electron chi connectivity index (χ1n) is 8.89. The first-order valence-corrected chi connectivity index (χ1v) is 9.77. The third-order valence-electron chi connectivity index (χ3n) is 4.87. The molecule has 2 aromatic rings. The lowest BCUT2D eigenvalue weighted by Gasteiger charge is -2.43. The summed E-state index contributed by atoms with van der Waals surface area (Å²) < 4.78 is 12.2. The fraction of sp³-hybridized carbons (Fsp3) is 0.526. The number of thiophene rings is 1. The standard InChI is InChI=1S/C19H25N3O2S/c1-2-18(25-11-1)13-22-8-10-24-19(15-22)14-21(7-9-23-16-19)12-17-3-5-20-6-4-17/h1-6,11H,7-10,12-16H2/t19-/m1/s1. The van der Waals surface area contributed by atoms with Gasteiger partial charge in [0.1, 0.15) is 5.60 Å². The highest BCUT2D eigenvalue weighted by molar-refractivity contribution is 7.09. The van der Waals surface area contributed by atoms with Crippen molar-refractivity contribution < 1.29 is 9.47 Å². The summed E-state index contributed by atoms with van der Waals surface area (Å²) in [5, 5.41) is 2.15. The maximum atomic E-state index is 6.29. The van der Waals surface area contributed by atoms with Crippen molar-refractivity contribution in [2.45, 2.75) is 18.7 Å². The molecule has 25 heavy (non-hydrogen) atoms. The van der Waals surface area contributed by atoms with Gasteiger partial charge in [-0.2, -0.15) is 0 Å². The summed E-state index contributed by atoms with van der Waals surface area (Å²) in [6, 6.07) is 8.51. The van der Waals surface area contributed by atoms with E-state index in [1.807, 2.05) is 23.7 Å². The Morgan fingerprint density at radius 1 is 1.04 bits per heavy atom. The molecule has 4 rings (SSSR count).